The van der Waals surface area contributed by atoms with E-state index in [0.717, 1.165) is 25.3 Å². The second-order valence-electron chi connectivity index (χ2n) is 4.86. The van der Waals surface area contributed by atoms with Gasteiger partial charge in [0.05, 0.1) is 0 Å². The van der Waals surface area contributed by atoms with Crippen molar-refractivity contribution >= 4 is 17.5 Å². The molecule has 2 rings (SSSR count). The minimum Gasteiger partial charge on any atom is -0.334 e. The molecule has 2 nitrogen and oxygen atoms in total. The van der Waals surface area contributed by atoms with Crippen LogP contribution < -0.4 is 0 Å². The molecule has 1 aliphatic heterocycles. The molecule has 1 aromatic carbocycles. The van der Waals surface area contributed by atoms with Crippen molar-refractivity contribution < 1.29 is 13.6 Å². The first kappa shape index (κ1) is 14.3. The summed E-state index contributed by atoms with van der Waals surface area (Å²) in [6.07, 6.45) is 2.61. The number of carbonyl (C=O) groups excluding carboxylic acids is 1. The summed E-state index contributed by atoms with van der Waals surface area (Å²) in [4.78, 5) is 13.8. The summed E-state index contributed by atoms with van der Waals surface area (Å²) in [6, 6.07) is 2.32. The zero-order chi connectivity index (χ0) is 14.0. The first-order valence-electron chi connectivity index (χ1n) is 6.37. The van der Waals surface area contributed by atoms with Crippen LogP contribution in [0.5, 0.6) is 0 Å². The second-order valence-corrected chi connectivity index (χ2v) is 5.16. The highest BCUT2D eigenvalue weighted by molar-refractivity contribution is 6.18. The van der Waals surface area contributed by atoms with E-state index in [1.165, 1.54) is 17.9 Å². The summed E-state index contributed by atoms with van der Waals surface area (Å²) in [5, 5.41) is 0. The van der Waals surface area contributed by atoms with Gasteiger partial charge in [0.25, 0.3) is 5.91 Å². The van der Waals surface area contributed by atoms with Gasteiger partial charge in [0, 0.05) is 18.5 Å². The van der Waals surface area contributed by atoms with Crippen molar-refractivity contribution in [2.75, 3.05) is 12.4 Å². The zero-order valence-corrected chi connectivity index (χ0v) is 11.5. The number of piperidine rings is 1. The fourth-order valence-electron chi connectivity index (χ4n) is 2.42. The van der Waals surface area contributed by atoms with Crippen LogP contribution >= 0.6 is 11.6 Å². The molecule has 0 saturated carbocycles. The summed E-state index contributed by atoms with van der Waals surface area (Å²) >= 11 is 5.84. The van der Waals surface area contributed by atoms with Crippen LogP contribution in [0.4, 0.5) is 8.78 Å². The average molecular weight is 288 g/mol. The molecule has 1 unspecified atom stereocenters. The third kappa shape index (κ3) is 2.73. The van der Waals surface area contributed by atoms with E-state index in [2.05, 4.69) is 0 Å². The summed E-state index contributed by atoms with van der Waals surface area (Å²) in [5.41, 5.74) is -0.193. The molecule has 1 saturated heterocycles. The Morgan fingerprint density at radius 1 is 1.42 bits per heavy atom. The number of hydrogen-bond acceptors (Lipinski definition) is 1. The molecule has 1 atom stereocenters. The van der Waals surface area contributed by atoms with E-state index in [1.54, 1.807) is 0 Å². The van der Waals surface area contributed by atoms with Gasteiger partial charge in [-0.25, -0.2) is 8.78 Å². The quantitative estimate of drug-likeness (QED) is 0.762. The topological polar surface area (TPSA) is 20.3 Å². The van der Waals surface area contributed by atoms with Gasteiger partial charge in [-0.05, 0) is 37.8 Å². The number of hydrogen-bond donors (Lipinski definition) is 0. The molecule has 5 heteroatoms. The van der Waals surface area contributed by atoms with Gasteiger partial charge in [-0.3, -0.25) is 4.79 Å². The smallest absolute Gasteiger partial charge is 0.260 e. The summed E-state index contributed by atoms with van der Waals surface area (Å²) in [6.45, 7) is 2.02. The van der Waals surface area contributed by atoms with Crippen molar-refractivity contribution in [1.29, 1.82) is 0 Å². The molecule has 1 fully saturated rings. The largest absolute Gasteiger partial charge is 0.334 e. The lowest BCUT2D eigenvalue weighted by Crippen LogP contribution is -2.45. The Bertz CT molecular complexity index is 493. The molecule has 1 aliphatic rings. The van der Waals surface area contributed by atoms with Gasteiger partial charge in [0.1, 0.15) is 17.2 Å². The summed E-state index contributed by atoms with van der Waals surface area (Å²) < 4.78 is 27.7. The van der Waals surface area contributed by atoms with E-state index in [9.17, 15) is 13.6 Å². The highest BCUT2D eigenvalue weighted by Crippen LogP contribution is 2.24. The maximum atomic E-state index is 14.0. The Balaban J connectivity index is 2.36. The lowest BCUT2D eigenvalue weighted by Gasteiger charge is -2.34. The summed E-state index contributed by atoms with van der Waals surface area (Å²) in [7, 11) is 0. The monoisotopic (exact) mass is 287 g/mol. The van der Waals surface area contributed by atoms with E-state index in [1.807, 2.05) is 0 Å². The molecule has 1 aromatic rings. The normalized spacial score (nSPS) is 19.6. The predicted molar refractivity (Wildman–Crippen MR) is 70.5 cm³/mol. The van der Waals surface area contributed by atoms with Crippen molar-refractivity contribution in [2.24, 2.45) is 0 Å². The molecule has 0 aliphatic carbocycles. The van der Waals surface area contributed by atoms with Gasteiger partial charge in [0.2, 0.25) is 0 Å². The van der Waals surface area contributed by atoms with Crippen LogP contribution in [0.3, 0.4) is 0 Å². The molecule has 104 valence electrons. The Labute approximate surface area is 116 Å². The van der Waals surface area contributed by atoms with Gasteiger partial charge >= 0.3 is 0 Å². The molecular weight excluding hydrogens is 272 g/mol. The zero-order valence-electron chi connectivity index (χ0n) is 10.8. The van der Waals surface area contributed by atoms with Gasteiger partial charge in [-0.2, -0.15) is 0 Å². The number of aryl methyl sites for hydroxylation is 1. The maximum Gasteiger partial charge on any atom is 0.260 e. The molecule has 0 aromatic heterocycles. The van der Waals surface area contributed by atoms with Crippen molar-refractivity contribution in [1.82, 2.24) is 4.90 Å². The molecule has 1 heterocycles. The Hall–Kier alpha value is -1.16. The molecule has 0 bridgehead atoms. The van der Waals surface area contributed by atoms with E-state index in [4.69, 9.17) is 11.6 Å². The van der Waals surface area contributed by atoms with Crippen molar-refractivity contribution in [3.05, 3.63) is 34.9 Å². The SMILES string of the molecule is Cc1ccc(F)c(C(=O)N2CCCCC2CCl)c1F. The predicted octanol–water partition coefficient (Wildman–Crippen LogP) is 3.51. The highest BCUT2D eigenvalue weighted by atomic mass is 35.5. The van der Waals surface area contributed by atoms with Crippen molar-refractivity contribution in [3.8, 4) is 0 Å². The molecule has 0 radical (unpaired) electrons. The number of amides is 1. The lowest BCUT2D eigenvalue weighted by atomic mass is 10.0. The Kier molecular flexibility index (Phi) is 4.40. The van der Waals surface area contributed by atoms with E-state index >= 15 is 0 Å². The minimum absolute atomic E-state index is 0.137. The lowest BCUT2D eigenvalue weighted by molar-refractivity contribution is 0.0629. The van der Waals surface area contributed by atoms with Crippen LogP contribution in [0.15, 0.2) is 12.1 Å². The Morgan fingerprint density at radius 3 is 2.84 bits per heavy atom. The van der Waals surface area contributed by atoms with Crippen molar-refractivity contribution in [3.63, 3.8) is 0 Å². The fraction of sp³-hybridized carbons (Fsp3) is 0.500. The van der Waals surface area contributed by atoms with E-state index in [0.29, 0.717) is 12.4 Å². The molecular formula is C14H16ClF2NO. The number of carbonyl (C=O) groups is 1. The van der Waals surface area contributed by atoms with Gasteiger partial charge in [-0.15, -0.1) is 11.6 Å². The number of benzene rings is 1. The number of likely N-dealkylation sites (tertiary alicyclic amines) is 1. The third-order valence-electron chi connectivity index (χ3n) is 3.56. The van der Waals surface area contributed by atoms with Gasteiger partial charge in [0.15, 0.2) is 0 Å². The van der Waals surface area contributed by atoms with Crippen LogP contribution in [0, 0.1) is 18.6 Å². The van der Waals surface area contributed by atoms with Crippen LogP contribution in [-0.2, 0) is 0 Å². The number of halogens is 3. The standard InChI is InChI=1S/C14H16ClF2NO/c1-9-5-6-11(16)12(13(9)17)14(19)18-7-3-2-4-10(18)8-15/h5-6,10H,2-4,7-8H2,1H3. The first-order valence-corrected chi connectivity index (χ1v) is 6.91. The highest BCUT2D eigenvalue weighted by Gasteiger charge is 2.30. The van der Waals surface area contributed by atoms with Crippen LogP contribution in [0.2, 0.25) is 0 Å². The Morgan fingerprint density at radius 2 is 2.16 bits per heavy atom. The van der Waals surface area contributed by atoms with Crippen LogP contribution in [0.1, 0.15) is 35.2 Å². The van der Waals surface area contributed by atoms with Crippen LogP contribution in [-0.4, -0.2) is 29.3 Å². The molecule has 0 N–H and O–H groups in total. The fourth-order valence-corrected chi connectivity index (χ4v) is 2.75. The molecule has 19 heavy (non-hydrogen) atoms. The average Bonchev–Trinajstić information content (AvgIpc) is 2.43. The molecule has 1 amide bonds. The third-order valence-corrected chi connectivity index (χ3v) is 3.92. The number of alkyl halides is 1. The van der Waals surface area contributed by atoms with Gasteiger partial charge < -0.3 is 4.90 Å². The van der Waals surface area contributed by atoms with Crippen molar-refractivity contribution in [2.45, 2.75) is 32.2 Å². The first-order chi connectivity index (χ1) is 9.06. The summed E-state index contributed by atoms with van der Waals surface area (Å²) in [5.74, 6) is -1.89. The van der Waals surface area contributed by atoms with Gasteiger partial charge in [-0.1, -0.05) is 6.07 Å². The minimum atomic E-state index is -0.813. The van der Waals surface area contributed by atoms with E-state index in [-0.39, 0.29) is 11.6 Å². The second kappa shape index (κ2) is 5.87. The number of rotatable bonds is 2. The molecule has 0 spiro atoms. The van der Waals surface area contributed by atoms with Crippen LogP contribution in [0.25, 0.3) is 0 Å². The van der Waals surface area contributed by atoms with E-state index < -0.39 is 23.1 Å². The maximum absolute atomic E-state index is 14.0. The number of nitrogens with zero attached hydrogens (tertiary/aromatic N) is 1.